The number of aromatic nitrogens is 2. The smallest absolute Gasteiger partial charge is 0.242 e. The molecule has 0 radical (unpaired) electrons. The molecule has 3 rings (SSSR count). The molecule has 1 aromatic carbocycles. The van der Waals surface area contributed by atoms with Crippen LogP contribution in [0.15, 0.2) is 30.3 Å². The van der Waals surface area contributed by atoms with Gasteiger partial charge in [0.1, 0.15) is 12.4 Å². The fourth-order valence-electron chi connectivity index (χ4n) is 2.71. The van der Waals surface area contributed by atoms with Gasteiger partial charge < -0.3 is 9.80 Å². The lowest BCUT2D eigenvalue weighted by molar-refractivity contribution is -0.131. The van der Waals surface area contributed by atoms with E-state index in [0.717, 1.165) is 17.0 Å². The van der Waals surface area contributed by atoms with Crippen molar-refractivity contribution in [1.82, 2.24) is 14.9 Å². The number of hydrogen-bond acceptors (Lipinski definition) is 4. The van der Waals surface area contributed by atoms with Gasteiger partial charge in [0.2, 0.25) is 11.9 Å². The normalized spacial score (nSPS) is 15.2. The lowest BCUT2D eigenvalue weighted by atomic mass is 10.2. The molecule has 1 aromatic heterocycles. The molecule has 0 spiro atoms. The Morgan fingerprint density at radius 1 is 1.09 bits per heavy atom. The van der Waals surface area contributed by atoms with E-state index >= 15 is 0 Å². The number of benzene rings is 1. The van der Waals surface area contributed by atoms with Crippen LogP contribution < -0.4 is 4.90 Å². The van der Waals surface area contributed by atoms with Crippen molar-refractivity contribution in [3.8, 4) is 0 Å². The number of carbonyl (C=O) groups excluding carboxylic acids is 1. The van der Waals surface area contributed by atoms with Crippen LogP contribution in [0.25, 0.3) is 0 Å². The van der Waals surface area contributed by atoms with E-state index in [-0.39, 0.29) is 18.3 Å². The molecular weight excluding hydrogens is 295 g/mol. The Morgan fingerprint density at radius 3 is 2.35 bits per heavy atom. The topological polar surface area (TPSA) is 49.3 Å². The lowest BCUT2D eigenvalue weighted by Crippen LogP contribution is -2.50. The second-order valence-corrected chi connectivity index (χ2v) is 5.81. The van der Waals surface area contributed by atoms with Crippen molar-refractivity contribution < 1.29 is 9.18 Å². The zero-order chi connectivity index (χ0) is 16.4. The number of halogens is 1. The van der Waals surface area contributed by atoms with Crippen molar-refractivity contribution in [2.45, 2.75) is 20.4 Å². The SMILES string of the molecule is Cc1cc(C)nc(N2CCN(Cc3ccc(F)cc3)C(=O)C2)n1. The second-order valence-electron chi connectivity index (χ2n) is 5.81. The quantitative estimate of drug-likeness (QED) is 0.870. The van der Waals surface area contributed by atoms with Gasteiger partial charge in [-0.1, -0.05) is 12.1 Å². The van der Waals surface area contributed by atoms with Crippen LogP contribution >= 0.6 is 0 Å². The number of amides is 1. The zero-order valence-electron chi connectivity index (χ0n) is 13.3. The standard InChI is InChI=1S/C17H19FN4O/c1-12-9-13(2)20-17(19-12)22-8-7-21(16(23)11-22)10-14-3-5-15(18)6-4-14/h3-6,9H,7-8,10-11H2,1-2H3. The summed E-state index contributed by atoms with van der Waals surface area (Å²) in [7, 11) is 0. The van der Waals surface area contributed by atoms with E-state index in [4.69, 9.17) is 0 Å². The van der Waals surface area contributed by atoms with Crippen LogP contribution in [-0.4, -0.2) is 40.4 Å². The molecule has 0 bridgehead atoms. The second kappa shape index (κ2) is 6.32. The molecule has 23 heavy (non-hydrogen) atoms. The highest BCUT2D eigenvalue weighted by atomic mass is 19.1. The summed E-state index contributed by atoms with van der Waals surface area (Å²) in [6.45, 7) is 5.91. The van der Waals surface area contributed by atoms with Gasteiger partial charge in [0, 0.05) is 31.0 Å². The highest BCUT2D eigenvalue weighted by Crippen LogP contribution is 2.15. The van der Waals surface area contributed by atoms with E-state index in [1.807, 2.05) is 24.8 Å². The summed E-state index contributed by atoms with van der Waals surface area (Å²) in [5.41, 5.74) is 2.72. The Morgan fingerprint density at radius 2 is 1.74 bits per heavy atom. The molecule has 0 N–H and O–H groups in total. The fraction of sp³-hybridized carbons (Fsp3) is 0.353. The monoisotopic (exact) mass is 314 g/mol. The van der Waals surface area contributed by atoms with Gasteiger partial charge in [0.05, 0.1) is 0 Å². The van der Waals surface area contributed by atoms with Crippen LogP contribution in [0.3, 0.4) is 0 Å². The van der Waals surface area contributed by atoms with Crippen molar-refractivity contribution in [2.75, 3.05) is 24.5 Å². The molecule has 5 nitrogen and oxygen atoms in total. The third-order valence-corrected chi connectivity index (χ3v) is 3.86. The highest BCUT2D eigenvalue weighted by Gasteiger charge is 2.25. The van der Waals surface area contributed by atoms with E-state index in [0.29, 0.717) is 25.6 Å². The Bertz CT molecular complexity index is 697. The molecule has 120 valence electrons. The average Bonchev–Trinajstić information content (AvgIpc) is 2.50. The number of aryl methyl sites for hydroxylation is 2. The minimum absolute atomic E-state index is 0.0309. The van der Waals surface area contributed by atoms with Gasteiger partial charge in [-0.25, -0.2) is 14.4 Å². The van der Waals surface area contributed by atoms with E-state index in [9.17, 15) is 9.18 Å². The van der Waals surface area contributed by atoms with Crippen LogP contribution in [0.4, 0.5) is 10.3 Å². The minimum atomic E-state index is -0.267. The summed E-state index contributed by atoms with van der Waals surface area (Å²) >= 11 is 0. The number of hydrogen-bond donors (Lipinski definition) is 0. The number of piperazine rings is 1. The molecule has 6 heteroatoms. The summed E-state index contributed by atoms with van der Waals surface area (Å²) in [5.74, 6) is 0.373. The number of anilines is 1. The average molecular weight is 314 g/mol. The predicted molar refractivity (Wildman–Crippen MR) is 85.5 cm³/mol. The number of carbonyl (C=O) groups is 1. The molecule has 2 heterocycles. The van der Waals surface area contributed by atoms with Gasteiger partial charge in [-0.05, 0) is 37.6 Å². The van der Waals surface area contributed by atoms with Crippen molar-refractivity contribution in [2.24, 2.45) is 0 Å². The first-order chi connectivity index (χ1) is 11.0. The first-order valence-electron chi connectivity index (χ1n) is 7.61. The van der Waals surface area contributed by atoms with Gasteiger partial charge in [-0.2, -0.15) is 0 Å². The van der Waals surface area contributed by atoms with Crippen molar-refractivity contribution >= 4 is 11.9 Å². The van der Waals surface area contributed by atoms with E-state index in [1.165, 1.54) is 12.1 Å². The maximum Gasteiger partial charge on any atom is 0.242 e. The van der Waals surface area contributed by atoms with Crippen LogP contribution in [-0.2, 0) is 11.3 Å². The molecule has 1 aliphatic heterocycles. The maximum absolute atomic E-state index is 12.9. The van der Waals surface area contributed by atoms with E-state index in [1.54, 1.807) is 17.0 Å². The third-order valence-electron chi connectivity index (χ3n) is 3.86. The van der Waals surface area contributed by atoms with Crippen molar-refractivity contribution in [1.29, 1.82) is 0 Å². The molecule has 0 atom stereocenters. The molecule has 1 amide bonds. The zero-order valence-corrected chi connectivity index (χ0v) is 13.3. The van der Waals surface area contributed by atoms with Crippen LogP contribution in [0.5, 0.6) is 0 Å². The van der Waals surface area contributed by atoms with Crippen LogP contribution in [0.2, 0.25) is 0 Å². The summed E-state index contributed by atoms with van der Waals surface area (Å²) in [5, 5.41) is 0. The Balaban J connectivity index is 1.67. The fourth-order valence-corrected chi connectivity index (χ4v) is 2.71. The molecule has 2 aromatic rings. The first kappa shape index (κ1) is 15.4. The maximum atomic E-state index is 12.9. The molecule has 0 saturated carbocycles. The highest BCUT2D eigenvalue weighted by molar-refractivity contribution is 5.82. The van der Waals surface area contributed by atoms with Crippen LogP contribution in [0.1, 0.15) is 17.0 Å². The predicted octanol–water partition coefficient (Wildman–Crippen LogP) is 2.08. The minimum Gasteiger partial charge on any atom is -0.335 e. The van der Waals surface area contributed by atoms with Crippen molar-refractivity contribution in [3.63, 3.8) is 0 Å². The van der Waals surface area contributed by atoms with E-state index in [2.05, 4.69) is 9.97 Å². The summed E-state index contributed by atoms with van der Waals surface area (Å²) in [6.07, 6.45) is 0. The van der Waals surface area contributed by atoms with Gasteiger partial charge >= 0.3 is 0 Å². The van der Waals surface area contributed by atoms with Gasteiger partial charge in [0.15, 0.2) is 0 Å². The van der Waals surface area contributed by atoms with Gasteiger partial charge in [0.25, 0.3) is 0 Å². The third kappa shape index (κ3) is 3.64. The van der Waals surface area contributed by atoms with E-state index < -0.39 is 0 Å². The summed E-state index contributed by atoms with van der Waals surface area (Å²) < 4.78 is 12.9. The molecule has 0 unspecified atom stereocenters. The number of rotatable bonds is 3. The molecular formula is C17H19FN4O. The first-order valence-corrected chi connectivity index (χ1v) is 7.61. The van der Waals surface area contributed by atoms with Crippen LogP contribution in [0, 0.1) is 19.7 Å². The van der Waals surface area contributed by atoms with Crippen molar-refractivity contribution in [3.05, 3.63) is 53.1 Å². The Hall–Kier alpha value is -2.50. The summed E-state index contributed by atoms with van der Waals surface area (Å²) in [4.78, 5) is 24.9. The molecule has 1 saturated heterocycles. The van der Waals surface area contributed by atoms with Gasteiger partial charge in [-0.3, -0.25) is 4.79 Å². The largest absolute Gasteiger partial charge is 0.335 e. The summed E-state index contributed by atoms with van der Waals surface area (Å²) in [6, 6.07) is 8.17. The number of nitrogens with zero attached hydrogens (tertiary/aromatic N) is 4. The van der Waals surface area contributed by atoms with Gasteiger partial charge in [-0.15, -0.1) is 0 Å². The Kier molecular flexibility index (Phi) is 4.23. The lowest BCUT2D eigenvalue weighted by Gasteiger charge is -2.34. The molecule has 1 fully saturated rings. The Labute approximate surface area is 134 Å². The molecule has 1 aliphatic rings. The molecule has 0 aliphatic carbocycles.